The lowest BCUT2D eigenvalue weighted by atomic mass is 10.1. The number of thiazole rings is 1. The molecule has 1 fully saturated rings. The van der Waals surface area contributed by atoms with Gasteiger partial charge in [-0.3, -0.25) is 10.1 Å². The fraction of sp³-hybridized carbons (Fsp3) is 0.444. The summed E-state index contributed by atoms with van der Waals surface area (Å²) >= 11 is 1.50. The second-order valence-corrected chi connectivity index (χ2v) is 9.71. The molecule has 1 aromatic heterocycles. The van der Waals surface area contributed by atoms with Crippen LogP contribution in [0, 0.1) is 6.92 Å². The Morgan fingerprint density at radius 2 is 2.04 bits per heavy atom. The summed E-state index contributed by atoms with van der Waals surface area (Å²) < 4.78 is 32.3. The van der Waals surface area contributed by atoms with Gasteiger partial charge in [0.05, 0.1) is 23.8 Å². The topological polar surface area (TPSA) is 88.6 Å². The van der Waals surface area contributed by atoms with E-state index in [-0.39, 0.29) is 10.8 Å². The molecule has 7 nitrogen and oxygen atoms in total. The molecular weight excluding hydrogens is 386 g/mol. The zero-order chi connectivity index (χ0) is 19.0. The summed E-state index contributed by atoms with van der Waals surface area (Å²) in [5, 5.41) is 3.40. The van der Waals surface area contributed by atoms with E-state index >= 15 is 0 Å². The van der Waals surface area contributed by atoms with Crippen LogP contribution in [0.4, 0.5) is 5.13 Å². The molecule has 0 unspecified atom stereocenters. The van der Waals surface area contributed by atoms with E-state index in [1.165, 1.54) is 26.6 Å². The van der Waals surface area contributed by atoms with E-state index < -0.39 is 10.0 Å². The first-order valence-corrected chi connectivity index (χ1v) is 11.2. The maximum absolute atomic E-state index is 12.9. The van der Waals surface area contributed by atoms with Crippen LogP contribution in [0.25, 0.3) is 0 Å². The number of ether oxygens (including phenoxy) is 1. The number of aromatic nitrogens is 1. The monoisotopic (exact) mass is 407 g/mol. The molecular formula is C18H21N3O4S2. The summed E-state index contributed by atoms with van der Waals surface area (Å²) in [4.78, 5) is 18.6. The highest BCUT2D eigenvalue weighted by molar-refractivity contribution is 7.89. The molecule has 0 atom stereocenters. The number of carbonyl (C=O) groups excluding carboxylic acids is 1. The largest absolute Gasteiger partial charge is 0.379 e. The first-order valence-electron chi connectivity index (χ1n) is 8.93. The third kappa shape index (κ3) is 3.64. The van der Waals surface area contributed by atoms with Crippen LogP contribution in [0.1, 0.15) is 32.9 Å². The van der Waals surface area contributed by atoms with Gasteiger partial charge in [0.15, 0.2) is 5.13 Å². The molecule has 0 spiro atoms. The molecule has 1 amide bonds. The average molecular weight is 408 g/mol. The number of hydrogen-bond acceptors (Lipinski definition) is 6. The van der Waals surface area contributed by atoms with Gasteiger partial charge in [-0.1, -0.05) is 6.07 Å². The molecule has 1 saturated heterocycles. The number of morpholine rings is 1. The first-order chi connectivity index (χ1) is 12.9. The molecule has 1 aromatic carbocycles. The zero-order valence-corrected chi connectivity index (χ0v) is 16.7. The van der Waals surface area contributed by atoms with Crippen LogP contribution in [0.5, 0.6) is 0 Å². The molecule has 27 heavy (non-hydrogen) atoms. The minimum atomic E-state index is -3.64. The lowest BCUT2D eigenvalue weighted by Crippen LogP contribution is -2.40. The Balaban J connectivity index is 1.58. The van der Waals surface area contributed by atoms with Gasteiger partial charge in [-0.2, -0.15) is 4.31 Å². The van der Waals surface area contributed by atoms with Crippen molar-refractivity contribution < 1.29 is 17.9 Å². The van der Waals surface area contributed by atoms with Crippen molar-refractivity contribution in [3.05, 3.63) is 39.9 Å². The molecule has 1 aliphatic heterocycles. The summed E-state index contributed by atoms with van der Waals surface area (Å²) in [6, 6.07) is 4.68. The number of hydrogen-bond donors (Lipinski definition) is 1. The van der Waals surface area contributed by atoms with E-state index in [1.807, 2.05) is 0 Å². The van der Waals surface area contributed by atoms with Gasteiger partial charge in [-0.05, 0) is 43.9 Å². The number of nitrogens with zero attached hydrogens (tertiary/aromatic N) is 2. The van der Waals surface area contributed by atoms with Gasteiger partial charge in [-0.25, -0.2) is 13.4 Å². The van der Waals surface area contributed by atoms with Crippen molar-refractivity contribution in [2.45, 2.75) is 31.1 Å². The van der Waals surface area contributed by atoms with Crippen LogP contribution < -0.4 is 5.32 Å². The first kappa shape index (κ1) is 18.5. The number of benzene rings is 1. The van der Waals surface area contributed by atoms with Crippen molar-refractivity contribution in [2.75, 3.05) is 31.6 Å². The number of nitrogens with one attached hydrogen (secondary N) is 1. The molecule has 2 heterocycles. The van der Waals surface area contributed by atoms with E-state index in [2.05, 4.69) is 10.3 Å². The minimum absolute atomic E-state index is 0.127. The zero-order valence-electron chi connectivity index (χ0n) is 15.0. The maximum atomic E-state index is 12.9. The molecule has 0 radical (unpaired) electrons. The Morgan fingerprint density at radius 3 is 2.78 bits per heavy atom. The van der Waals surface area contributed by atoms with Crippen LogP contribution in [-0.2, 0) is 27.6 Å². The van der Waals surface area contributed by atoms with Crippen molar-refractivity contribution in [1.82, 2.24) is 9.29 Å². The SMILES string of the molecule is Cc1ccc(S(=O)(=O)N2CCOCC2)cc1C(=O)Nc1nc2c(s1)CCC2. The molecule has 4 rings (SSSR count). The number of amides is 1. The summed E-state index contributed by atoms with van der Waals surface area (Å²) in [6.45, 7) is 3.20. The van der Waals surface area contributed by atoms with Gasteiger partial charge in [0.1, 0.15) is 0 Å². The second-order valence-electron chi connectivity index (χ2n) is 6.69. The molecule has 0 bridgehead atoms. The van der Waals surface area contributed by atoms with E-state index in [1.54, 1.807) is 19.1 Å². The van der Waals surface area contributed by atoms with Crippen LogP contribution >= 0.6 is 11.3 Å². The Morgan fingerprint density at radius 1 is 1.26 bits per heavy atom. The maximum Gasteiger partial charge on any atom is 0.257 e. The second kappa shape index (κ2) is 7.31. The Labute approximate surface area is 162 Å². The van der Waals surface area contributed by atoms with Gasteiger partial charge in [0.2, 0.25) is 10.0 Å². The van der Waals surface area contributed by atoms with Gasteiger partial charge in [-0.15, -0.1) is 11.3 Å². The fourth-order valence-electron chi connectivity index (χ4n) is 3.35. The average Bonchev–Trinajstić information content (AvgIpc) is 3.24. The van der Waals surface area contributed by atoms with E-state index in [0.29, 0.717) is 37.0 Å². The standard InChI is InChI=1S/C18H21N3O4S2/c1-12-5-6-13(27(23,24)21-7-9-25-10-8-21)11-14(12)17(22)20-18-19-15-3-2-4-16(15)26-18/h5-6,11H,2-4,7-10H2,1H3,(H,19,20,22). The van der Waals surface area contributed by atoms with E-state index in [9.17, 15) is 13.2 Å². The summed E-state index contributed by atoms with van der Waals surface area (Å²) in [5.74, 6) is -0.334. The summed E-state index contributed by atoms with van der Waals surface area (Å²) in [7, 11) is -3.64. The molecule has 0 saturated carbocycles. The smallest absolute Gasteiger partial charge is 0.257 e. The Hall–Kier alpha value is -1.81. The van der Waals surface area contributed by atoms with Crippen molar-refractivity contribution in [3.8, 4) is 0 Å². The predicted molar refractivity (Wildman–Crippen MR) is 103 cm³/mol. The van der Waals surface area contributed by atoms with Crippen molar-refractivity contribution in [3.63, 3.8) is 0 Å². The van der Waals surface area contributed by atoms with Gasteiger partial charge in [0, 0.05) is 23.5 Å². The molecule has 9 heteroatoms. The summed E-state index contributed by atoms with van der Waals surface area (Å²) in [5.41, 5.74) is 2.13. The fourth-order valence-corrected chi connectivity index (χ4v) is 5.83. The highest BCUT2D eigenvalue weighted by Gasteiger charge is 2.27. The van der Waals surface area contributed by atoms with Gasteiger partial charge >= 0.3 is 0 Å². The lowest BCUT2D eigenvalue weighted by Gasteiger charge is -2.26. The van der Waals surface area contributed by atoms with Crippen LogP contribution in [0.2, 0.25) is 0 Å². The Kier molecular flexibility index (Phi) is 5.02. The Bertz CT molecular complexity index is 957. The predicted octanol–water partition coefficient (Wildman–Crippen LogP) is 2.21. The van der Waals surface area contributed by atoms with E-state index in [4.69, 9.17) is 4.74 Å². The van der Waals surface area contributed by atoms with Gasteiger partial charge < -0.3 is 4.74 Å². The molecule has 2 aliphatic rings. The quantitative estimate of drug-likeness (QED) is 0.840. The van der Waals surface area contributed by atoms with Crippen LogP contribution in [0.3, 0.4) is 0 Å². The normalized spacial score (nSPS) is 17.7. The number of aryl methyl sites for hydroxylation is 3. The number of sulfonamides is 1. The van der Waals surface area contributed by atoms with Crippen molar-refractivity contribution in [1.29, 1.82) is 0 Å². The van der Waals surface area contributed by atoms with Gasteiger partial charge in [0.25, 0.3) is 5.91 Å². The number of carbonyl (C=O) groups is 1. The lowest BCUT2D eigenvalue weighted by molar-refractivity contribution is 0.0730. The summed E-state index contributed by atoms with van der Waals surface area (Å²) in [6.07, 6.45) is 3.08. The van der Waals surface area contributed by atoms with Crippen LogP contribution in [0.15, 0.2) is 23.1 Å². The van der Waals surface area contributed by atoms with Crippen molar-refractivity contribution >= 4 is 32.4 Å². The molecule has 144 valence electrons. The number of fused-ring (bicyclic) bond motifs is 1. The number of anilines is 1. The highest BCUT2D eigenvalue weighted by Crippen LogP contribution is 2.31. The number of rotatable bonds is 4. The molecule has 1 aliphatic carbocycles. The minimum Gasteiger partial charge on any atom is -0.379 e. The third-order valence-electron chi connectivity index (χ3n) is 4.88. The van der Waals surface area contributed by atoms with E-state index in [0.717, 1.165) is 30.5 Å². The third-order valence-corrected chi connectivity index (χ3v) is 7.85. The molecule has 1 N–H and O–H groups in total. The van der Waals surface area contributed by atoms with Crippen LogP contribution in [-0.4, -0.2) is 49.9 Å². The van der Waals surface area contributed by atoms with Crippen molar-refractivity contribution in [2.24, 2.45) is 0 Å². The molecule has 2 aromatic rings. The highest BCUT2D eigenvalue weighted by atomic mass is 32.2.